The molecule has 0 aliphatic carbocycles. The summed E-state index contributed by atoms with van der Waals surface area (Å²) in [5, 5.41) is 7.40. The minimum Gasteiger partial charge on any atom is -0.384 e. The van der Waals surface area contributed by atoms with Crippen molar-refractivity contribution in [3.63, 3.8) is 0 Å². The summed E-state index contributed by atoms with van der Waals surface area (Å²) in [7, 11) is 1.96. The molecule has 2 rings (SSSR count). The number of aromatic nitrogens is 2. The summed E-state index contributed by atoms with van der Waals surface area (Å²) in [6.45, 7) is 3.97. The van der Waals surface area contributed by atoms with Gasteiger partial charge in [-0.1, -0.05) is 6.92 Å². The van der Waals surface area contributed by atoms with E-state index in [4.69, 9.17) is 11.1 Å². The van der Waals surface area contributed by atoms with Gasteiger partial charge in [0, 0.05) is 30.1 Å². The van der Waals surface area contributed by atoms with Crippen LogP contribution in [-0.2, 0) is 6.42 Å². The Morgan fingerprint density at radius 1 is 1.25 bits per heavy atom. The Labute approximate surface area is 119 Å². The van der Waals surface area contributed by atoms with E-state index in [9.17, 15) is 0 Å². The van der Waals surface area contributed by atoms with E-state index in [1.807, 2.05) is 49.2 Å². The topological polar surface area (TPSA) is 78.9 Å². The predicted molar refractivity (Wildman–Crippen MR) is 81.7 cm³/mol. The number of benzene rings is 1. The van der Waals surface area contributed by atoms with E-state index in [2.05, 4.69) is 16.9 Å². The van der Waals surface area contributed by atoms with Crippen molar-refractivity contribution >= 4 is 17.3 Å². The predicted octanol–water partition coefficient (Wildman–Crippen LogP) is 2.40. The Hall–Kier alpha value is -2.43. The van der Waals surface area contributed by atoms with Crippen LogP contribution in [0.5, 0.6) is 0 Å². The van der Waals surface area contributed by atoms with Crippen molar-refractivity contribution in [3.8, 4) is 0 Å². The van der Waals surface area contributed by atoms with Crippen LogP contribution in [0.1, 0.15) is 24.0 Å². The molecule has 0 saturated heterocycles. The molecule has 1 heterocycles. The Morgan fingerprint density at radius 2 is 1.90 bits per heavy atom. The normalized spacial score (nSPS) is 10.3. The average molecular weight is 269 g/mol. The third-order valence-electron chi connectivity index (χ3n) is 3.15. The molecule has 0 radical (unpaired) electrons. The van der Waals surface area contributed by atoms with Gasteiger partial charge in [-0.15, -0.1) is 0 Å². The zero-order valence-corrected chi connectivity index (χ0v) is 12.0. The number of aryl methyl sites for hydroxylation is 2. The van der Waals surface area contributed by atoms with Gasteiger partial charge in [-0.2, -0.15) is 0 Å². The van der Waals surface area contributed by atoms with Crippen molar-refractivity contribution in [1.82, 2.24) is 9.97 Å². The average Bonchev–Trinajstić information content (AvgIpc) is 2.45. The number of hydrogen-bond acceptors (Lipinski definition) is 4. The molecule has 0 aliphatic rings. The summed E-state index contributed by atoms with van der Waals surface area (Å²) in [6, 6.07) is 9.53. The molecule has 3 N–H and O–H groups in total. The fraction of sp³-hybridized carbons (Fsp3) is 0.267. The maximum atomic E-state index is 7.40. The SMILES string of the molecule is CCc1cc(N(C)c2ccc(C(=N)N)cc2)nc(C)n1. The van der Waals surface area contributed by atoms with Gasteiger partial charge in [0.25, 0.3) is 0 Å². The molecule has 104 valence electrons. The molecule has 5 heteroatoms. The van der Waals surface area contributed by atoms with Crippen LogP contribution in [-0.4, -0.2) is 22.9 Å². The molecule has 0 atom stereocenters. The minimum absolute atomic E-state index is 0.0744. The largest absolute Gasteiger partial charge is 0.384 e. The van der Waals surface area contributed by atoms with Gasteiger partial charge >= 0.3 is 0 Å². The molecule has 0 bridgehead atoms. The van der Waals surface area contributed by atoms with Gasteiger partial charge in [0.15, 0.2) is 0 Å². The lowest BCUT2D eigenvalue weighted by Crippen LogP contribution is -2.14. The number of nitrogens with two attached hydrogens (primary N) is 1. The van der Waals surface area contributed by atoms with Crippen LogP contribution in [0.3, 0.4) is 0 Å². The van der Waals surface area contributed by atoms with E-state index in [-0.39, 0.29) is 5.84 Å². The summed E-state index contributed by atoms with van der Waals surface area (Å²) in [5.41, 5.74) is 8.20. The second-order valence-corrected chi connectivity index (χ2v) is 4.64. The summed E-state index contributed by atoms with van der Waals surface area (Å²) < 4.78 is 0. The van der Waals surface area contributed by atoms with Gasteiger partial charge < -0.3 is 10.6 Å². The van der Waals surface area contributed by atoms with Crippen molar-refractivity contribution < 1.29 is 0 Å². The number of rotatable bonds is 4. The molecule has 1 aromatic heterocycles. The van der Waals surface area contributed by atoms with E-state index in [0.29, 0.717) is 0 Å². The van der Waals surface area contributed by atoms with Crippen LogP contribution in [0.2, 0.25) is 0 Å². The number of nitrogens with zero attached hydrogens (tertiary/aromatic N) is 3. The third-order valence-corrected chi connectivity index (χ3v) is 3.15. The molecule has 0 spiro atoms. The van der Waals surface area contributed by atoms with Crippen molar-refractivity contribution in [3.05, 3.63) is 47.4 Å². The van der Waals surface area contributed by atoms with Crippen molar-refractivity contribution in [2.45, 2.75) is 20.3 Å². The standard InChI is InChI=1S/C15H19N5/c1-4-12-9-14(19-10(2)18-12)20(3)13-7-5-11(6-8-13)15(16)17/h5-9H,4H2,1-3H3,(H3,16,17). The van der Waals surface area contributed by atoms with Gasteiger partial charge in [0.2, 0.25) is 0 Å². The van der Waals surface area contributed by atoms with Crippen LogP contribution in [0.15, 0.2) is 30.3 Å². The Kier molecular flexibility index (Phi) is 3.98. The van der Waals surface area contributed by atoms with Crippen LogP contribution >= 0.6 is 0 Å². The summed E-state index contributed by atoms with van der Waals surface area (Å²) in [5.74, 6) is 1.71. The number of nitrogen functional groups attached to an aromatic ring is 1. The quantitative estimate of drug-likeness (QED) is 0.660. The molecule has 0 unspecified atom stereocenters. The highest BCUT2D eigenvalue weighted by Crippen LogP contribution is 2.22. The van der Waals surface area contributed by atoms with Gasteiger partial charge in [-0.25, -0.2) is 9.97 Å². The first-order chi connectivity index (χ1) is 9.51. The smallest absolute Gasteiger partial charge is 0.136 e. The van der Waals surface area contributed by atoms with E-state index < -0.39 is 0 Å². The van der Waals surface area contributed by atoms with Crippen LogP contribution in [0.25, 0.3) is 0 Å². The number of amidine groups is 1. The highest BCUT2D eigenvalue weighted by Gasteiger charge is 2.08. The van der Waals surface area contributed by atoms with Gasteiger partial charge in [-0.3, -0.25) is 5.41 Å². The maximum Gasteiger partial charge on any atom is 0.136 e. The van der Waals surface area contributed by atoms with E-state index >= 15 is 0 Å². The Bertz CT molecular complexity index is 619. The first-order valence-electron chi connectivity index (χ1n) is 6.54. The fourth-order valence-corrected chi connectivity index (χ4v) is 1.96. The highest BCUT2D eigenvalue weighted by molar-refractivity contribution is 5.95. The minimum atomic E-state index is 0.0744. The molecule has 5 nitrogen and oxygen atoms in total. The lowest BCUT2D eigenvalue weighted by atomic mass is 10.2. The number of nitrogens with one attached hydrogen (secondary N) is 1. The van der Waals surface area contributed by atoms with Gasteiger partial charge in [-0.05, 0) is 37.6 Å². The second kappa shape index (κ2) is 5.69. The van der Waals surface area contributed by atoms with Gasteiger partial charge in [0.1, 0.15) is 17.5 Å². The van der Waals surface area contributed by atoms with Crippen molar-refractivity contribution in [2.75, 3.05) is 11.9 Å². The zero-order chi connectivity index (χ0) is 14.7. The lowest BCUT2D eigenvalue weighted by molar-refractivity contribution is 0.934. The van der Waals surface area contributed by atoms with Crippen molar-refractivity contribution in [1.29, 1.82) is 5.41 Å². The summed E-state index contributed by atoms with van der Waals surface area (Å²) in [4.78, 5) is 10.8. The molecule has 2 aromatic rings. The van der Waals surface area contributed by atoms with Crippen LogP contribution in [0, 0.1) is 12.3 Å². The van der Waals surface area contributed by atoms with Gasteiger partial charge in [0.05, 0.1) is 0 Å². The van der Waals surface area contributed by atoms with E-state index in [1.54, 1.807) is 0 Å². The molecular weight excluding hydrogens is 250 g/mol. The van der Waals surface area contributed by atoms with E-state index in [1.165, 1.54) is 0 Å². The number of anilines is 2. The fourth-order valence-electron chi connectivity index (χ4n) is 1.96. The third kappa shape index (κ3) is 2.93. The molecule has 20 heavy (non-hydrogen) atoms. The molecule has 0 fully saturated rings. The molecular formula is C15H19N5. The zero-order valence-electron chi connectivity index (χ0n) is 12.0. The first kappa shape index (κ1) is 14.0. The molecule has 0 amide bonds. The summed E-state index contributed by atoms with van der Waals surface area (Å²) in [6.07, 6.45) is 0.882. The van der Waals surface area contributed by atoms with Crippen LogP contribution < -0.4 is 10.6 Å². The maximum absolute atomic E-state index is 7.40. The molecule has 0 saturated carbocycles. The monoisotopic (exact) mass is 269 g/mol. The first-order valence-corrected chi connectivity index (χ1v) is 6.54. The Morgan fingerprint density at radius 3 is 2.45 bits per heavy atom. The lowest BCUT2D eigenvalue weighted by Gasteiger charge is -2.19. The summed E-state index contributed by atoms with van der Waals surface area (Å²) >= 11 is 0. The van der Waals surface area contributed by atoms with E-state index in [0.717, 1.165) is 35.0 Å². The molecule has 0 aliphatic heterocycles. The Balaban J connectivity index is 2.32. The van der Waals surface area contributed by atoms with Crippen LogP contribution in [0.4, 0.5) is 11.5 Å². The second-order valence-electron chi connectivity index (χ2n) is 4.64. The number of hydrogen-bond donors (Lipinski definition) is 2. The molecule has 1 aromatic carbocycles. The highest BCUT2D eigenvalue weighted by atomic mass is 15.2. The van der Waals surface area contributed by atoms with Crippen molar-refractivity contribution in [2.24, 2.45) is 5.73 Å².